The van der Waals surface area contributed by atoms with Crippen LogP contribution in [0.15, 0.2) is 23.3 Å². The fourth-order valence-electron chi connectivity index (χ4n) is 2.49. The molecule has 0 bridgehead atoms. The highest BCUT2D eigenvalue weighted by Gasteiger charge is 2.21. The lowest BCUT2D eigenvalue weighted by molar-refractivity contribution is 0.204. The van der Waals surface area contributed by atoms with Crippen LogP contribution < -0.4 is 11.3 Å². The molecule has 0 saturated carbocycles. The SMILES string of the molecule is Nc1nc2c(ncn2[C@H]2C=CC[C@@H](CO)C2)c(=O)[nH]1. The molecule has 2 aromatic rings. The van der Waals surface area contributed by atoms with E-state index >= 15 is 0 Å². The minimum atomic E-state index is -0.334. The number of hydrogen-bond acceptors (Lipinski definition) is 5. The smallest absolute Gasteiger partial charge is 0.280 e. The van der Waals surface area contributed by atoms with Gasteiger partial charge in [0.2, 0.25) is 5.95 Å². The zero-order valence-electron chi connectivity index (χ0n) is 10.3. The maximum Gasteiger partial charge on any atom is 0.280 e. The lowest BCUT2D eigenvalue weighted by atomic mass is 9.91. The summed E-state index contributed by atoms with van der Waals surface area (Å²) in [4.78, 5) is 22.4. The standard InChI is InChI=1S/C12H15N5O2/c13-12-15-10-9(11(19)16-12)14-6-17(10)8-3-1-2-7(4-8)5-18/h1,3,6-8,18H,2,4-5H2,(H3,13,15,16,19)/t7-,8+/m1/s1. The number of aromatic amines is 1. The Hall–Kier alpha value is -2.15. The quantitative estimate of drug-likeness (QED) is 0.669. The lowest BCUT2D eigenvalue weighted by Crippen LogP contribution is -2.19. The van der Waals surface area contributed by atoms with E-state index in [1.807, 2.05) is 16.7 Å². The van der Waals surface area contributed by atoms with Gasteiger partial charge in [0.1, 0.15) is 0 Å². The number of anilines is 1. The van der Waals surface area contributed by atoms with Crippen molar-refractivity contribution in [1.82, 2.24) is 19.5 Å². The van der Waals surface area contributed by atoms with Crippen LogP contribution in [-0.2, 0) is 0 Å². The van der Waals surface area contributed by atoms with E-state index in [2.05, 4.69) is 15.0 Å². The van der Waals surface area contributed by atoms with Crippen molar-refractivity contribution < 1.29 is 5.11 Å². The second kappa shape index (κ2) is 4.51. The van der Waals surface area contributed by atoms with E-state index in [1.54, 1.807) is 6.33 Å². The van der Waals surface area contributed by atoms with Gasteiger partial charge in [-0.3, -0.25) is 9.78 Å². The van der Waals surface area contributed by atoms with E-state index in [4.69, 9.17) is 5.73 Å². The molecule has 0 amide bonds. The zero-order valence-corrected chi connectivity index (χ0v) is 10.3. The van der Waals surface area contributed by atoms with E-state index in [0.717, 1.165) is 12.8 Å². The number of aliphatic hydroxyl groups is 1. The normalized spacial score (nSPS) is 23.0. The van der Waals surface area contributed by atoms with Gasteiger partial charge in [0, 0.05) is 6.61 Å². The predicted octanol–water partition coefficient (Wildman–Crippen LogP) is 0.201. The fraction of sp³-hybridized carbons (Fsp3) is 0.417. The Balaban J connectivity index is 2.08. The first-order chi connectivity index (χ1) is 9.19. The minimum absolute atomic E-state index is 0.0459. The molecular formula is C12H15N5O2. The van der Waals surface area contributed by atoms with Crippen LogP contribution in [0.5, 0.6) is 0 Å². The molecule has 100 valence electrons. The number of aromatic nitrogens is 4. The van der Waals surface area contributed by atoms with Gasteiger partial charge in [0.05, 0.1) is 12.4 Å². The van der Waals surface area contributed by atoms with Crippen molar-refractivity contribution in [1.29, 1.82) is 0 Å². The highest BCUT2D eigenvalue weighted by atomic mass is 16.3. The first-order valence-corrected chi connectivity index (χ1v) is 6.19. The number of hydrogen-bond donors (Lipinski definition) is 3. The number of nitrogens with zero attached hydrogens (tertiary/aromatic N) is 3. The Morgan fingerprint density at radius 1 is 1.58 bits per heavy atom. The number of imidazole rings is 1. The van der Waals surface area contributed by atoms with Gasteiger partial charge in [-0.2, -0.15) is 4.98 Å². The number of rotatable bonds is 2. The first-order valence-electron chi connectivity index (χ1n) is 6.19. The van der Waals surface area contributed by atoms with Gasteiger partial charge < -0.3 is 15.4 Å². The highest BCUT2D eigenvalue weighted by Crippen LogP contribution is 2.28. The molecule has 0 saturated heterocycles. The van der Waals surface area contributed by atoms with Crippen LogP contribution >= 0.6 is 0 Å². The van der Waals surface area contributed by atoms with Crippen LogP contribution in [0, 0.1) is 5.92 Å². The topological polar surface area (TPSA) is 110 Å². The Labute approximate surface area is 108 Å². The van der Waals surface area contributed by atoms with Crippen molar-refractivity contribution in [2.24, 2.45) is 5.92 Å². The van der Waals surface area contributed by atoms with Crippen LogP contribution in [0.2, 0.25) is 0 Å². The number of aliphatic hydroxyl groups excluding tert-OH is 1. The first kappa shape index (κ1) is 11.9. The van der Waals surface area contributed by atoms with E-state index in [9.17, 15) is 9.90 Å². The monoisotopic (exact) mass is 261 g/mol. The predicted molar refractivity (Wildman–Crippen MR) is 70.5 cm³/mol. The lowest BCUT2D eigenvalue weighted by Gasteiger charge is -2.24. The van der Waals surface area contributed by atoms with Crippen molar-refractivity contribution >= 4 is 17.1 Å². The van der Waals surface area contributed by atoms with E-state index in [0.29, 0.717) is 5.65 Å². The molecule has 0 unspecified atom stereocenters. The van der Waals surface area contributed by atoms with Gasteiger partial charge in [-0.15, -0.1) is 0 Å². The fourth-order valence-corrected chi connectivity index (χ4v) is 2.49. The van der Waals surface area contributed by atoms with Crippen LogP contribution in [0.4, 0.5) is 5.95 Å². The van der Waals surface area contributed by atoms with E-state index in [1.165, 1.54) is 0 Å². The Morgan fingerprint density at radius 2 is 2.42 bits per heavy atom. The Bertz CT molecular complexity index is 687. The Morgan fingerprint density at radius 3 is 3.21 bits per heavy atom. The molecule has 4 N–H and O–H groups in total. The summed E-state index contributed by atoms with van der Waals surface area (Å²) in [5.74, 6) is 0.310. The van der Waals surface area contributed by atoms with Gasteiger partial charge in [0.15, 0.2) is 11.2 Å². The summed E-state index contributed by atoms with van der Waals surface area (Å²) in [6.45, 7) is 0.156. The molecule has 7 heteroatoms. The van der Waals surface area contributed by atoms with Crippen molar-refractivity contribution in [3.05, 3.63) is 28.8 Å². The molecule has 0 aromatic carbocycles. The molecule has 0 aliphatic heterocycles. The number of nitrogens with one attached hydrogen (secondary N) is 1. The molecule has 3 rings (SSSR count). The maximum atomic E-state index is 11.7. The molecule has 1 aliphatic rings. The second-order valence-corrected chi connectivity index (χ2v) is 4.79. The summed E-state index contributed by atoms with van der Waals surface area (Å²) in [5.41, 5.74) is 6.00. The maximum absolute atomic E-state index is 11.7. The Kier molecular flexibility index (Phi) is 2.83. The van der Waals surface area contributed by atoms with Crippen LogP contribution in [-0.4, -0.2) is 31.2 Å². The number of fused-ring (bicyclic) bond motifs is 1. The van der Waals surface area contributed by atoms with Gasteiger partial charge in [-0.05, 0) is 18.8 Å². The summed E-state index contributed by atoms with van der Waals surface area (Å²) >= 11 is 0. The molecule has 2 atom stereocenters. The molecule has 19 heavy (non-hydrogen) atoms. The van der Waals surface area contributed by atoms with Gasteiger partial charge in [0.25, 0.3) is 5.56 Å². The van der Waals surface area contributed by atoms with Gasteiger partial charge >= 0.3 is 0 Å². The third kappa shape index (κ3) is 2.01. The van der Waals surface area contributed by atoms with E-state index < -0.39 is 0 Å². The zero-order chi connectivity index (χ0) is 13.4. The molecule has 2 aromatic heterocycles. The van der Waals surface area contributed by atoms with Crippen LogP contribution in [0.25, 0.3) is 11.2 Å². The van der Waals surface area contributed by atoms with Crippen LogP contribution in [0.1, 0.15) is 18.9 Å². The number of nitrogen functional groups attached to an aromatic ring is 1. The molecule has 0 fully saturated rings. The van der Waals surface area contributed by atoms with Crippen molar-refractivity contribution in [3.8, 4) is 0 Å². The summed E-state index contributed by atoms with van der Waals surface area (Å²) in [6.07, 6.45) is 7.35. The summed E-state index contributed by atoms with van der Waals surface area (Å²) in [7, 11) is 0. The second-order valence-electron chi connectivity index (χ2n) is 4.79. The van der Waals surface area contributed by atoms with Crippen molar-refractivity contribution in [2.45, 2.75) is 18.9 Å². The van der Waals surface area contributed by atoms with E-state index in [-0.39, 0.29) is 35.6 Å². The minimum Gasteiger partial charge on any atom is -0.396 e. The van der Waals surface area contributed by atoms with Gasteiger partial charge in [-0.1, -0.05) is 12.2 Å². The molecule has 7 nitrogen and oxygen atoms in total. The van der Waals surface area contributed by atoms with Crippen molar-refractivity contribution in [2.75, 3.05) is 12.3 Å². The average molecular weight is 261 g/mol. The molecule has 0 spiro atoms. The molecule has 1 aliphatic carbocycles. The molecule has 2 heterocycles. The number of allylic oxidation sites excluding steroid dienone is 2. The summed E-state index contributed by atoms with van der Waals surface area (Å²) in [6, 6.07) is 0.0459. The summed E-state index contributed by atoms with van der Waals surface area (Å²) < 4.78 is 1.83. The summed E-state index contributed by atoms with van der Waals surface area (Å²) in [5, 5.41) is 9.26. The third-order valence-electron chi connectivity index (χ3n) is 3.47. The average Bonchev–Trinajstić information content (AvgIpc) is 2.82. The van der Waals surface area contributed by atoms with Crippen LogP contribution in [0.3, 0.4) is 0 Å². The van der Waals surface area contributed by atoms with Gasteiger partial charge in [-0.25, -0.2) is 4.98 Å². The largest absolute Gasteiger partial charge is 0.396 e. The van der Waals surface area contributed by atoms with Crippen molar-refractivity contribution in [3.63, 3.8) is 0 Å². The highest BCUT2D eigenvalue weighted by molar-refractivity contribution is 5.70. The third-order valence-corrected chi connectivity index (χ3v) is 3.47. The number of H-pyrrole nitrogens is 1. The molecule has 0 radical (unpaired) electrons. The number of nitrogens with two attached hydrogens (primary N) is 1. The molecular weight excluding hydrogens is 246 g/mol.